The van der Waals surface area contributed by atoms with Crippen LogP contribution in [0, 0.1) is 21.4 Å². The molecule has 26 heavy (non-hydrogen) atoms. The minimum Gasteiger partial charge on any atom is -0.341 e. The second-order valence-corrected chi connectivity index (χ2v) is 12.7. The summed E-state index contributed by atoms with van der Waals surface area (Å²) in [5.74, 6) is 0. The van der Waals surface area contributed by atoms with E-state index >= 15 is 0 Å². The maximum Gasteiger partial charge on any atom is 0.210 e. The molecule has 2 aromatic carbocycles. The molecule has 0 saturated carbocycles. The van der Waals surface area contributed by atoms with Crippen LogP contribution >= 0.6 is 136 Å². The number of hydrogen-bond acceptors (Lipinski definition) is 3. The molecule has 1 fully saturated rings. The molecule has 0 spiro atoms. The Morgan fingerprint density at radius 2 is 1.12 bits per heavy atom. The molecule has 1 saturated heterocycles. The van der Waals surface area contributed by atoms with Crippen LogP contribution in [0.5, 0.6) is 0 Å². The van der Waals surface area contributed by atoms with Crippen LogP contribution in [-0.4, -0.2) is 26.0 Å². The first-order valence-electron chi connectivity index (χ1n) is 7.77. The number of hydrogen-bond donors (Lipinski definition) is 0. The quantitative estimate of drug-likeness (QED) is 0.309. The van der Waals surface area contributed by atoms with E-state index in [2.05, 4.69) is 177 Å². The van der Waals surface area contributed by atoms with Gasteiger partial charge in [0.2, 0.25) is 6.35 Å². The summed E-state index contributed by atoms with van der Waals surface area (Å²) in [6.07, 6.45) is -0.0795. The topological polar surface area (TPSA) is 15.7 Å². The van der Waals surface area contributed by atoms with Gasteiger partial charge in [-0.15, -0.1) is 0 Å². The van der Waals surface area contributed by atoms with Gasteiger partial charge in [-0.2, -0.15) is 0 Å². The number of benzene rings is 2. The molecule has 0 unspecified atom stereocenters. The Balaban J connectivity index is 2.05. The van der Waals surface area contributed by atoms with Crippen molar-refractivity contribution in [3.05, 3.63) is 45.7 Å². The summed E-state index contributed by atoms with van der Waals surface area (Å²) in [5.41, 5.74) is 2.56. The first-order valence-corrected chi connectivity index (χ1v) is 14.2. The van der Waals surface area contributed by atoms with Gasteiger partial charge in [-0.05, 0) is 167 Å². The van der Waals surface area contributed by atoms with Gasteiger partial charge >= 0.3 is 0 Å². The lowest BCUT2D eigenvalue weighted by atomic mass is 10.3. The van der Waals surface area contributed by atoms with E-state index in [0.29, 0.717) is 6.61 Å². The molecule has 0 bridgehead atoms. The zero-order valence-corrected chi connectivity index (χ0v) is 26.5. The van der Waals surface area contributed by atoms with Gasteiger partial charge in [-0.1, -0.05) is 0 Å². The van der Waals surface area contributed by atoms with Crippen LogP contribution in [-0.2, 0) is 4.74 Å². The summed E-state index contributed by atoms with van der Waals surface area (Å²) < 4.78 is 13.9. The van der Waals surface area contributed by atoms with Gasteiger partial charge in [0, 0.05) is 41.1 Å². The first-order chi connectivity index (χ1) is 12.3. The van der Waals surface area contributed by atoms with E-state index in [1.54, 1.807) is 0 Å². The third-order valence-electron chi connectivity index (χ3n) is 3.97. The summed E-state index contributed by atoms with van der Waals surface area (Å²) in [6.45, 7) is 4.67. The van der Waals surface area contributed by atoms with Crippen LogP contribution in [0.1, 0.15) is 6.92 Å². The summed E-state index contributed by atoms with van der Waals surface area (Å²) in [6, 6.07) is 8.96. The molecule has 140 valence electrons. The zero-order valence-electron chi connectivity index (χ0n) is 13.6. The van der Waals surface area contributed by atoms with E-state index in [1.807, 2.05) is 0 Å². The lowest BCUT2D eigenvalue weighted by Crippen LogP contribution is -2.42. The Bertz CT molecular complexity index is 719. The molecule has 0 aliphatic carbocycles. The molecule has 9 heteroatoms. The second-order valence-electron chi connectivity index (χ2n) is 5.60. The molecule has 0 radical (unpaired) electrons. The number of anilines is 2. The number of halogens is 6. The van der Waals surface area contributed by atoms with Crippen molar-refractivity contribution in [2.45, 2.75) is 13.3 Å². The summed E-state index contributed by atoms with van der Waals surface area (Å²) in [7, 11) is 0. The van der Waals surface area contributed by atoms with Gasteiger partial charge in [0.15, 0.2) is 0 Å². The lowest BCUT2D eigenvalue weighted by Gasteiger charge is -2.34. The maximum absolute atomic E-state index is 6.25. The van der Waals surface area contributed by atoms with E-state index in [4.69, 9.17) is 4.74 Å². The molecule has 1 heterocycles. The average molecular weight is 1020 g/mol. The summed E-state index contributed by atoms with van der Waals surface area (Å²) in [4.78, 5) is 4.82. The molecule has 1 aliphatic rings. The highest BCUT2D eigenvalue weighted by atomic mass is 127. The van der Waals surface area contributed by atoms with E-state index < -0.39 is 0 Å². The van der Waals surface area contributed by atoms with Gasteiger partial charge in [0.05, 0.1) is 11.4 Å². The molecule has 2 aromatic rings. The molecule has 0 atom stereocenters. The number of rotatable bonds is 4. The van der Waals surface area contributed by atoms with Crippen LogP contribution in [0.25, 0.3) is 0 Å². The molecule has 1 aliphatic heterocycles. The summed E-state index contributed by atoms with van der Waals surface area (Å²) >= 11 is 14.6. The predicted octanol–water partition coefficient (Wildman–Crippen LogP) is 6.96. The lowest BCUT2D eigenvalue weighted by molar-refractivity contribution is 0.0726. The van der Waals surface area contributed by atoms with E-state index in [-0.39, 0.29) is 6.35 Å². The fourth-order valence-corrected chi connectivity index (χ4v) is 11.4. The highest BCUT2D eigenvalue weighted by Gasteiger charge is 2.36. The maximum atomic E-state index is 6.25. The number of nitrogens with zero attached hydrogens (tertiary/aromatic N) is 2. The minimum absolute atomic E-state index is 0.0795. The highest BCUT2D eigenvalue weighted by molar-refractivity contribution is 14.1. The first kappa shape index (κ1) is 23.1. The highest BCUT2D eigenvalue weighted by Crippen LogP contribution is 2.39. The normalized spacial score (nSPS) is 15.2. The van der Waals surface area contributed by atoms with Gasteiger partial charge in [-0.25, -0.2) is 0 Å². The Morgan fingerprint density at radius 1 is 0.769 bits per heavy atom. The molecule has 3 nitrogen and oxygen atoms in total. The third kappa shape index (κ3) is 4.99. The van der Waals surface area contributed by atoms with Gasteiger partial charge in [-0.3, -0.25) is 0 Å². The van der Waals surface area contributed by atoms with Crippen molar-refractivity contribution in [1.82, 2.24) is 0 Å². The van der Waals surface area contributed by atoms with E-state index in [1.165, 1.54) is 32.8 Å². The van der Waals surface area contributed by atoms with Crippen LogP contribution in [0.15, 0.2) is 24.3 Å². The summed E-state index contributed by atoms with van der Waals surface area (Å²) in [5, 5.41) is 0. The molecule has 0 amide bonds. The van der Waals surface area contributed by atoms with Gasteiger partial charge < -0.3 is 14.5 Å². The molecular formula is C17H14I6N2O. The molecule has 0 aromatic heterocycles. The fraction of sp³-hybridized carbons (Fsp3) is 0.294. The smallest absolute Gasteiger partial charge is 0.210 e. The Morgan fingerprint density at radius 3 is 1.42 bits per heavy atom. The van der Waals surface area contributed by atoms with Gasteiger partial charge in [0.25, 0.3) is 0 Å². The SMILES string of the molecule is CCOC1N(c2c(I)cc(I)cc2I)CCN1c1c(I)cc(I)cc1I. The van der Waals surface area contributed by atoms with Crippen molar-refractivity contribution in [1.29, 1.82) is 0 Å². The van der Waals surface area contributed by atoms with Crippen molar-refractivity contribution < 1.29 is 4.74 Å². The monoisotopic (exact) mass is 1020 g/mol. The Labute approximate surface area is 236 Å². The van der Waals surface area contributed by atoms with Crippen molar-refractivity contribution in [2.75, 3.05) is 29.5 Å². The molecule has 0 N–H and O–H groups in total. The van der Waals surface area contributed by atoms with Crippen LogP contribution in [0.4, 0.5) is 11.4 Å². The van der Waals surface area contributed by atoms with Crippen LogP contribution < -0.4 is 9.80 Å². The van der Waals surface area contributed by atoms with Crippen molar-refractivity contribution in [3.8, 4) is 0 Å². The number of ether oxygens (including phenoxy) is 1. The average Bonchev–Trinajstić information content (AvgIpc) is 2.89. The molecule has 3 rings (SSSR count). The second kappa shape index (κ2) is 10.1. The van der Waals surface area contributed by atoms with Crippen LogP contribution in [0.2, 0.25) is 0 Å². The zero-order chi connectivity index (χ0) is 19.0. The van der Waals surface area contributed by atoms with E-state index in [9.17, 15) is 0 Å². The minimum atomic E-state index is -0.0795. The van der Waals surface area contributed by atoms with Crippen molar-refractivity contribution in [2.24, 2.45) is 0 Å². The van der Waals surface area contributed by atoms with E-state index in [0.717, 1.165) is 13.1 Å². The van der Waals surface area contributed by atoms with Crippen molar-refractivity contribution >= 4 is 147 Å². The third-order valence-corrected chi connectivity index (χ3v) is 8.50. The molecular weight excluding hydrogens is 1010 g/mol. The largest absolute Gasteiger partial charge is 0.341 e. The van der Waals surface area contributed by atoms with Gasteiger partial charge in [0.1, 0.15) is 0 Å². The standard InChI is InChI=1S/C17H14I6N2O/c1-2-26-17-24(15-11(20)5-9(18)6-12(15)21)3-4-25(17)16-13(22)7-10(19)8-14(16)23/h5-8,17H,2-4H2,1H3. The predicted molar refractivity (Wildman–Crippen MR) is 159 cm³/mol. The van der Waals surface area contributed by atoms with Crippen LogP contribution in [0.3, 0.4) is 0 Å². The fourth-order valence-electron chi connectivity index (χ4n) is 3.00. The Hall–Kier alpha value is 2.38. The van der Waals surface area contributed by atoms with Crippen molar-refractivity contribution in [3.63, 3.8) is 0 Å². The Kier molecular flexibility index (Phi) is 8.98.